The molecule has 0 atom stereocenters. The number of ether oxygens (including phenoxy) is 2. The van der Waals surface area contributed by atoms with Crippen LogP contribution in [0.25, 0.3) is 11.0 Å². The molecule has 0 aliphatic carbocycles. The maximum absolute atomic E-state index is 11.6. The molecule has 0 fully saturated rings. The fourth-order valence-corrected chi connectivity index (χ4v) is 1.96. The topological polar surface area (TPSA) is 82.8 Å². The molecule has 0 saturated heterocycles. The summed E-state index contributed by atoms with van der Waals surface area (Å²) in [5.41, 5.74) is 0.278. The molecule has 0 unspecified atom stereocenters. The predicted molar refractivity (Wildman–Crippen MR) is 79.1 cm³/mol. The second-order valence-corrected chi connectivity index (χ2v) is 4.70. The zero-order valence-electron chi connectivity index (χ0n) is 12.6. The number of rotatable bonds is 4. The van der Waals surface area contributed by atoms with Crippen molar-refractivity contribution in [1.82, 2.24) is 0 Å². The van der Waals surface area contributed by atoms with Gasteiger partial charge in [0.15, 0.2) is 0 Å². The van der Waals surface area contributed by atoms with Crippen molar-refractivity contribution in [2.75, 3.05) is 0 Å². The first kappa shape index (κ1) is 15.8. The van der Waals surface area contributed by atoms with Gasteiger partial charge in [-0.15, -0.1) is 0 Å². The van der Waals surface area contributed by atoms with E-state index in [1.165, 1.54) is 18.2 Å². The van der Waals surface area contributed by atoms with E-state index in [9.17, 15) is 14.4 Å². The summed E-state index contributed by atoms with van der Waals surface area (Å²) in [6.07, 6.45) is 0.385. The Morgan fingerprint density at radius 3 is 2.32 bits per heavy atom. The van der Waals surface area contributed by atoms with E-state index in [4.69, 9.17) is 13.9 Å². The summed E-state index contributed by atoms with van der Waals surface area (Å²) < 4.78 is 15.5. The van der Waals surface area contributed by atoms with Crippen molar-refractivity contribution in [2.24, 2.45) is 0 Å². The Labute approximate surface area is 126 Å². The largest absolute Gasteiger partial charge is 0.426 e. The van der Waals surface area contributed by atoms with Gasteiger partial charge >= 0.3 is 17.6 Å². The second-order valence-electron chi connectivity index (χ2n) is 4.70. The zero-order valence-corrected chi connectivity index (χ0v) is 12.6. The van der Waals surface area contributed by atoms with Crippen LogP contribution < -0.4 is 15.1 Å². The average molecular weight is 304 g/mol. The highest BCUT2D eigenvalue weighted by atomic mass is 16.5. The Hall–Kier alpha value is -2.63. The van der Waals surface area contributed by atoms with Crippen LogP contribution >= 0.6 is 0 Å². The molecule has 6 heteroatoms. The fourth-order valence-electron chi connectivity index (χ4n) is 1.96. The number of esters is 2. The zero-order chi connectivity index (χ0) is 16.3. The molecule has 1 aromatic heterocycles. The number of aryl methyl sites for hydroxylation is 1. The van der Waals surface area contributed by atoms with Crippen LogP contribution in [-0.4, -0.2) is 11.9 Å². The van der Waals surface area contributed by atoms with E-state index in [1.54, 1.807) is 20.8 Å². The van der Waals surface area contributed by atoms with Crippen LogP contribution in [0.15, 0.2) is 27.4 Å². The molecule has 22 heavy (non-hydrogen) atoms. The number of benzene rings is 1. The van der Waals surface area contributed by atoms with Gasteiger partial charge < -0.3 is 13.9 Å². The Morgan fingerprint density at radius 2 is 1.68 bits per heavy atom. The standard InChI is InChI=1S/C16H16O6/c1-4-13(17)20-10-7-11(21-14(18)5-2)16-9(3)6-15(19)22-12(16)8-10/h6-8H,4-5H2,1-3H3. The lowest BCUT2D eigenvalue weighted by molar-refractivity contribution is -0.134. The SMILES string of the molecule is CCC(=O)Oc1cc(OC(=O)CC)c2c(C)cc(=O)oc2c1. The van der Waals surface area contributed by atoms with Gasteiger partial charge in [0.2, 0.25) is 0 Å². The van der Waals surface area contributed by atoms with Crippen molar-refractivity contribution in [3.05, 3.63) is 34.2 Å². The third kappa shape index (κ3) is 3.33. The van der Waals surface area contributed by atoms with E-state index in [0.717, 1.165) is 0 Å². The molecule has 2 rings (SSSR count). The Morgan fingerprint density at radius 1 is 1.05 bits per heavy atom. The van der Waals surface area contributed by atoms with Crippen LogP contribution in [0.1, 0.15) is 32.3 Å². The number of hydrogen-bond donors (Lipinski definition) is 0. The monoisotopic (exact) mass is 304 g/mol. The van der Waals surface area contributed by atoms with Crippen molar-refractivity contribution >= 4 is 22.9 Å². The van der Waals surface area contributed by atoms with E-state index in [0.29, 0.717) is 10.9 Å². The second kappa shape index (κ2) is 6.43. The first-order valence-electron chi connectivity index (χ1n) is 6.94. The first-order valence-corrected chi connectivity index (χ1v) is 6.94. The van der Waals surface area contributed by atoms with Crippen molar-refractivity contribution in [3.63, 3.8) is 0 Å². The van der Waals surface area contributed by atoms with E-state index in [2.05, 4.69) is 0 Å². The third-order valence-electron chi connectivity index (χ3n) is 3.01. The summed E-state index contributed by atoms with van der Waals surface area (Å²) in [5.74, 6) is -0.524. The lowest BCUT2D eigenvalue weighted by Crippen LogP contribution is -2.09. The molecule has 116 valence electrons. The van der Waals surface area contributed by atoms with Gasteiger partial charge in [-0.3, -0.25) is 9.59 Å². The smallest absolute Gasteiger partial charge is 0.336 e. The fraction of sp³-hybridized carbons (Fsp3) is 0.312. The number of carbonyl (C=O) groups is 2. The van der Waals surface area contributed by atoms with Crippen LogP contribution in [-0.2, 0) is 9.59 Å². The van der Waals surface area contributed by atoms with Gasteiger partial charge in [-0.1, -0.05) is 13.8 Å². The molecular formula is C16H16O6. The van der Waals surface area contributed by atoms with Gasteiger partial charge in [0.1, 0.15) is 17.1 Å². The molecule has 0 aliphatic rings. The van der Waals surface area contributed by atoms with Crippen LogP contribution in [0.5, 0.6) is 11.5 Å². The van der Waals surface area contributed by atoms with Crippen molar-refractivity contribution < 1.29 is 23.5 Å². The van der Waals surface area contributed by atoms with Gasteiger partial charge in [0, 0.05) is 31.0 Å². The van der Waals surface area contributed by atoms with E-state index in [-0.39, 0.29) is 29.9 Å². The molecule has 1 heterocycles. The Bertz CT molecular complexity index is 787. The van der Waals surface area contributed by atoms with Crippen molar-refractivity contribution in [2.45, 2.75) is 33.6 Å². The minimum Gasteiger partial charge on any atom is -0.426 e. The molecule has 0 bridgehead atoms. The summed E-state index contributed by atoms with van der Waals surface area (Å²) in [6, 6.07) is 4.18. The van der Waals surface area contributed by atoms with Gasteiger partial charge in [-0.05, 0) is 12.5 Å². The highest BCUT2D eigenvalue weighted by molar-refractivity contribution is 5.91. The molecule has 1 aromatic carbocycles. The quantitative estimate of drug-likeness (QED) is 0.490. The Kier molecular flexibility index (Phi) is 4.60. The molecule has 0 radical (unpaired) electrons. The van der Waals surface area contributed by atoms with Gasteiger partial charge in [0.25, 0.3) is 0 Å². The predicted octanol–water partition coefficient (Wildman–Crippen LogP) is 2.73. The minimum absolute atomic E-state index is 0.159. The van der Waals surface area contributed by atoms with E-state index < -0.39 is 17.6 Å². The van der Waals surface area contributed by atoms with Crippen molar-refractivity contribution in [3.8, 4) is 11.5 Å². The highest BCUT2D eigenvalue weighted by Gasteiger charge is 2.15. The Balaban J connectivity index is 2.63. The highest BCUT2D eigenvalue weighted by Crippen LogP contribution is 2.33. The number of hydrogen-bond acceptors (Lipinski definition) is 6. The lowest BCUT2D eigenvalue weighted by Gasteiger charge is -2.11. The van der Waals surface area contributed by atoms with Crippen molar-refractivity contribution in [1.29, 1.82) is 0 Å². The molecule has 2 aromatic rings. The third-order valence-corrected chi connectivity index (χ3v) is 3.01. The van der Waals surface area contributed by atoms with Gasteiger partial charge in [-0.2, -0.15) is 0 Å². The molecule has 0 aliphatic heterocycles. The molecule has 0 N–H and O–H groups in total. The molecule has 0 spiro atoms. The maximum atomic E-state index is 11.6. The molecule has 6 nitrogen and oxygen atoms in total. The van der Waals surface area contributed by atoms with E-state index in [1.807, 2.05) is 0 Å². The van der Waals surface area contributed by atoms with Crippen LogP contribution in [0.2, 0.25) is 0 Å². The molecular weight excluding hydrogens is 288 g/mol. The van der Waals surface area contributed by atoms with Crippen LogP contribution in [0.4, 0.5) is 0 Å². The molecule has 0 amide bonds. The van der Waals surface area contributed by atoms with Gasteiger partial charge in [-0.25, -0.2) is 4.79 Å². The number of carbonyl (C=O) groups excluding carboxylic acids is 2. The average Bonchev–Trinajstić information content (AvgIpc) is 2.45. The maximum Gasteiger partial charge on any atom is 0.336 e. The summed E-state index contributed by atoms with van der Waals surface area (Å²) >= 11 is 0. The van der Waals surface area contributed by atoms with Crippen LogP contribution in [0, 0.1) is 6.92 Å². The summed E-state index contributed by atoms with van der Waals surface area (Å²) in [7, 11) is 0. The summed E-state index contributed by atoms with van der Waals surface area (Å²) in [6.45, 7) is 5.03. The van der Waals surface area contributed by atoms with Crippen LogP contribution in [0.3, 0.4) is 0 Å². The minimum atomic E-state index is -0.531. The number of fused-ring (bicyclic) bond motifs is 1. The molecule has 0 saturated carbocycles. The lowest BCUT2D eigenvalue weighted by atomic mass is 10.1. The summed E-state index contributed by atoms with van der Waals surface area (Å²) in [5, 5.41) is 0.498. The van der Waals surface area contributed by atoms with E-state index >= 15 is 0 Å². The first-order chi connectivity index (χ1) is 10.4. The summed E-state index contributed by atoms with van der Waals surface area (Å²) in [4.78, 5) is 34.5. The normalized spacial score (nSPS) is 10.5. The van der Waals surface area contributed by atoms with Gasteiger partial charge in [0.05, 0.1) is 5.39 Å².